The lowest BCUT2D eigenvalue weighted by molar-refractivity contribution is -0.286. The van der Waals surface area contributed by atoms with E-state index in [1.807, 2.05) is 0 Å². The summed E-state index contributed by atoms with van der Waals surface area (Å²) in [4.78, 5) is 0. The number of alkyl halides is 6. The molecule has 0 atom stereocenters. The van der Waals surface area contributed by atoms with Crippen LogP contribution in [0.3, 0.4) is 0 Å². The molecule has 0 aliphatic heterocycles. The molecule has 0 rings (SSSR count). The predicted octanol–water partition coefficient (Wildman–Crippen LogP) is 4.51. The van der Waals surface area contributed by atoms with Crippen molar-refractivity contribution >= 4 is 0 Å². The van der Waals surface area contributed by atoms with Gasteiger partial charge >= 0.3 is 12.1 Å². The first-order valence-electron chi connectivity index (χ1n) is 3.25. The van der Waals surface area contributed by atoms with Crippen molar-refractivity contribution in [3.05, 3.63) is 31.5 Å². The molecular formula is C8H8F8. The van der Waals surface area contributed by atoms with Crippen molar-refractivity contribution in [1.29, 1.82) is 0 Å². The second-order valence-corrected chi connectivity index (χ2v) is 1.92. The van der Waals surface area contributed by atoms with Gasteiger partial charge in [-0.1, -0.05) is 13.2 Å². The van der Waals surface area contributed by atoms with Crippen LogP contribution in [0.2, 0.25) is 0 Å². The Hall–Kier alpha value is -1.30. The van der Waals surface area contributed by atoms with E-state index in [1.54, 1.807) is 0 Å². The zero-order valence-electron chi connectivity index (χ0n) is 7.85. The summed E-state index contributed by atoms with van der Waals surface area (Å²) >= 11 is 0. The van der Waals surface area contributed by atoms with Crippen molar-refractivity contribution in [2.45, 2.75) is 12.1 Å². The van der Waals surface area contributed by atoms with Gasteiger partial charge in [0.1, 0.15) is 0 Å². The van der Waals surface area contributed by atoms with Gasteiger partial charge in [-0.15, -0.1) is 5.73 Å². The monoisotopic (exact) mass is 256 g/mol. The van der Waals surface area contributed by atoms with E-state index < -0.39 is 24.9 Å². The Labute approximate surface area is 86.6 Å². The van der Waals surface area contributed by atoms with E-state index in [4.69, 9.17) is 0 Å². The van der Waals surface area contributed by atoms with Crippen LogP contribution in [-0.4, -0.2) is 18.8 Å². The molecule has 0 amide bonds. The first kappa shape index (κ1) is 20.2. The number of halogens is 8. The van der Waals surface area contributed by atoms with Crippen LogP contribution < -0.4 is 0 Å². The summed E-state index contributed by atoms with van der Waals surface area (Å²) in [5.41, 5.74) is 2.25. The Morgan fingerprint density at radius 1 is 1.00 bits per heavy atom. The fourth-order valence-electron chi connectivity index (χ4n) is 0.0758. The molecule has 0 aliphatic carbocycles. The minimum absolute atomic E-state index is 1.83. The standard InChI is InChI=1S/C3H2F6.C3H4.C2H2F2/c4-1-2(5,6)3(7,8)9;1-3-2;1-2(3)4/h1H2;1-2H2;1H2. The van der Waals surface area contributed by atoms with E-state index in [9.17, 15) is 35.1 Å². The van der Waals surface area contributed by atoms with Crippen LogP contribution in [0.25, 0.3) is 0 Å². The molecule has 0 unspecified atom stereocenters. The minimum Gasteiger partial charge on any atom is -0.244 e. The van der Waals surface area contributed by atoms with E-state index in [-0.39, 0.29) is 0 Å². The van der Waals surface area contributed by atoms with Crippen molar-refractivity contribution in [3.63, 3.8) is 0 Å². The molecule has 0 aliphatic rings. The van der Waals surface area contributed by atoms with Crippen LogP contribution in [0.4, 0.5) is 35.1 Å². The first-order valence-corrected chi connectivity index (χ1v) is 3.25. The molecule has 0 N–H and O–H groups in total. The van der Waals surface area contributed by atoms with Gasteiger partial charge in [0.25, 0.3) is 6.08 Å². The van der Waals surface area contributed by atoms with Crippen LogP contribution in [0.1, 0.15) is 0 Å². The third-order valence-electron chi connectivity index (χ3n) is 0.583. The summed E-state index contributed by atoms with van der Waals surface area (Å²) in [5, 5.41) is 0. The van der Waals surface area contributed by atoms with Crippen LogP contribution >= 0.6 is 0 Å². The maximum Gasteiger partial charge on any atom is 0.456 e. The van der Waals surface area contributed by atoms with Crippen molar-refractivity contribution < 1.29 is 35.1 Å². The first-order chi connectivity index (χ1) is 6.96. The van der Waals surface area contributed by atoms with Crippen molar-refractivity contribution in [1.82, 2.24) is 0 Å². The summed E-state index contributed by atoms with van der Waals surface area (Å²) < 4.78 is 85.9. The molecule has 16 heavy (non-hydrogen) atoms. The fraction of sp³-hybridized carbons (Fsp3) is 0.375. The molecule has 0 bridgehead atoms. The van der Waals surface area contributed by atoms with Crippen LogP contribution in [-0.2, 0) is 0 Å². The summed E-state index contributed by atoms with van der Waals surface area (Å²) in [6, 6.07) is 0. The van der Waals surface area contributed by atoms with E-state index >= 15 is 0 Å². The van der Waals surface area contributed by atoms with Crippen molar-refractivity contribution in [2.24, 2.45) is 0 Å². The highest BCUT2D eigenvalue weighted by Gasteiger charge is 2.57. The zero-order chi connectivity index (χ0) is 14.0. The largest absolute Gasteiger partial charge is 0.456 e. The molecule has 96 valence electrons. The maximum atomic E-state index is 11.2. The highest BCUT2D eigenvalue weighted by Crippen LogP contribution is 2.35. The normalized spacial score (nSPS) is 10.0. The van der Waals surface area contributed by atoms with Crippen molar-refractivity contribution in [3.8, 4) is 0 Å². The summed E-state index contributed by atoms with van der Waals surface area (Å²) in [5.74, 6) is -5.19. The molecule has 0 saturated heterocycles. The number of hydrogen-bond donors (Lipinski definition) is 0. The topological polar surface area (TPSA) is 0 Å². The molecule has 0 heterocycles. The molecule has 0 aromatic heterocycles. The van der Waals surface area contributed by atoms with E-state index in [2.05, 4.69) is 25.5 Å². The van der Waals surface area contributed by atoms with Crippen LogP contribution in [0, 0.1) is 0 Å². The molecule has 8 heteroatoms. The van der Waals surface area contributed by atoms with Gasteiger partial charge in [-0.2, -0.15) is 30.7 Å². The molecule has 0 spiro atoms. The van der Waals surface area contributed by atoms with Gasteiger partial charge in [-0.3, -0.25) is 0 Å². The molecule has 0 saturated carbocycles. The molecule has 0 aromatic rings. The Morgan fingerprint density at radius 3 is 1.19 bits per heavy atom. The molecule has 0 radical (unpaired) electrons. The minimum atomic E-state index is -5.76. The fourth-order valence-corrected chi connectivity index (χ4v) is 0.0758. The zero-order valence-corrected chi connectivity index (χ0v) is 7.85. The van der Waals surface area contributed by atoms with E-state index in [0.29, 0.717) is 0 Å². The van der Waals surface area contributed by atoms with Gasteiger partial charge in [0.05, 0.1) is 0 Å². The summed E-state index contributed by atoms with van der Waals surface area (Å²) in [7, 11) is 0. The Morgan fingerprint density at radius 2 is 1.19 bits per heavy atom. The smallest absolute Gasteiger partial charge is 0.244 e. The molecular weight excluding hydrogens is 248 g/mol. The molecule has 0 aromatic carbocycles. The Bertz CT molecular complexity index is 217. The van der Waals surface area contributed by atoms with Gasteiger partial charge in [0.15, 0.2) is 6.67 Å². The number of hydrogen-bond acceptors (Lipinski definition) is 0. The van der Waals surface area contributed by atoms with E-state index in [0.717, 1.165) is 0 Å². The number of rotatable bonds is 1. The average molecular weight is 256 g/mol. The lowest BCUT2D eigenvalue weighted by Gasteiger charge is -2.14. The van der Waals surface area contributed by atoms with Crippen molar-refractivity contribution in [2.75, 3.05) is 6.67 Å². The maximum absolute atomic E-state index is 11.2. The lowest BCUT2D eigenvalue weighted by Crippen LogP contribution is -2.38. The SMILES string of the molecule is C=C(F)F.C=C=C.FCC(F)(F)C(F)(F)F. The Kier molecular flexibility index (Phi) is 11.3. The van der Waals surface area contributed by atoms with Gasteiger partial charge in [0, 0.05) is 0 Å². The second kappa shape index (κ2) is 8.96. The van der Waals surface area contributed by atoms with Gasteiger partial charge < -0.3 is 0 Å². The van der Waals surface area contributed by atoms with Crippen LogP contribution in [0.5, 0.6) is 0 Å². The summed E-state index contributed by atoms with van der Waals surface area (Å²) in [6.45, 7) is 5.77. The summed E-state index contributed by atoms with van der Waals surface area (Å²) in [6.07, 6.45) is -7.60. The average Bonchev–Trinajstić information content (AvgIpc) is 2.02. The third-order valence-corrected chi connectivity index (χ3v) is 0.583. The van der Waals surface area contributed by atoms with E-state index in [1.165, 1.54) is 0 Å². The van der Waals surface area contributed by atoms with Crippen LogP contribution in [0.15, 0.2) is 31.5 Å². The quantitative estimate of drug-likeness (QED) is 0.478. The molecule has 0 fully saturated rings. The Balaban J connectivity index is -0.000000201. The lowest BCUT2D eigenvalue weighted by atomic mass is 10.4. The highest BCUT2D eigenvalue weighted by atomic mass is 19.4. The van der Waals surface area contributed by atoms with Gasteiger partial charge in [0.2, 0.25) is 0 Å². The molecule has 0 nitrogen and oxygen atoms in total. The third kappa shape index (κ3) is 15.2. The highest BCUT2D eigenvalue weighted by molar-refractivity contribution is 4.73. The van der Waals surface area contributed by atoms with Gasteiger partial charge in [-0.05, 0) is 6.58 Å². The second-order valence-electron chi connectivity index (χ2n) is 1.92. The van der Waals surface area contributed by atoms with Gasteiger partial charge in [-0.25, -0.2) is 4.39 Å². The predicted molar refractivity (Wildman–Crippen MR) is 43.1 cm³/mol.